The number of anilines is 2. The summed E-state index contributed by atoms with van der Waals surface area (Å²) in [6, 6.07) is 5.80. The summed E-state index contributed by atoms with van der Waals surface area (Å²) in [5, 5.41) is 6.89. The maximum absolute atomic E-state index is 13.5. The summed E-state index contributed by atoms with van der Waals surface area (Å²) in [4.78, 5) is 0. The van der Waals surface area contributed by atoms with Gasteiger partial charge in [0.2, 0.25) is 0 Å². The van der Waals surface area contributed by atoms with Gasteiger partial charge in [-0.2, -0.15) is 0 Å². The minimum Gasteiger partial charge on any atom is -0.385 e. The van der Waals surface area contributed by atoms with Gasteiger partial charge in [0, 0.05) is 24.9 Å². The van der Waals surface area contributed by atoms with Crippen LogP contribution in [0.15, 0.2) is 24.3 Å². The van der Waals surface area contributed by atoms with Crippen molar-refractivity contribution in [2.45, 2.75) is 0 Å². The van der Waals surface area contributed by atoms with Gasteiger partial charge in [0.1, 0.15) is 11.6 Å². The lowest BCUT2D eigenvalue weighted by Gasteiger charge is -2.11. The first-order chi connectivity index (χ1) is 7.69. The van der Waals surface area contributed by atoms with Crippen LogP contribution >= 0.6 is 0 Å². The smallest absolute Gasteiger partial charge is 0.146 e. The van der Waals surface area contributed by atoms with Crippen LogP contribution in [0, 0.1) is 11.6 Å². The Bertz CT molecular complexity index is 489. The maximum Gasteiger partial charge on any atom is 0.146 e. The average molecular weight is 222 g/mol. The van der Waals surface area contributed by atoms with E-state index in [0.29, 0.717) is 22.1 Å². The van der Waals surface area contributed by atoms with E-state index >= 15 is 0 Å². The lowest BCUT2D eigenvalue weighted by Crippen LogP contribution is -1.98. The van der Waals surface area contributed by atoms with Gasteiger partial charge in [-0.25, -0.2) is 8.78 Å². The topological polar surface area (TPSA) is 24.1 Å². The first-order valence-electron chi connectivity index (χ1n) is 4.95. The van der Waals surface area contributed by atoms with Crippen LogP contribution in [0.25, 0.3) is 10.8 Å². The third-order valence-electron chi connectivity index (χ3n) is 2.60. The van der Waals surface area contributed by atoms with Crippen LogP contribution in [0.5, 0.6) is 0 Å². The Kier molecular flexibility index (Phi) is 2.64. The summed E-state index contributed by atoms with van der Waals surface area (Å²) in [7, 11) is 3.28. The number of benzene rings is 2. The number of fused-ring (bicyclic) bond motifs is 1. The predicted molar refractivity (Wildman–Crippen MR) is 63.0 cm³/mol. The van der Waals surface area contributed by atoms with Crippen molar-refractivity contribution in [2.24, 2.45) is 0 Å². The van der Waals surface area contributed by atoms with Crippen molar-refractivity contribution >= 4 is 22.1 Å². The Hall–Kier alpha value is -1.84. The quantitative estimate of drug-likeness (QED) is 0.815. The molecule has 0 heterocycles. The molecule has 0 aromatic heterocycles. The zero-order valence-electron chi connectivity index (χ0n) is 9.07. The molecule has 84 valence electrons. The minimum absolute atomic E-state index is 0.344. The maximum atomic E-state index is 13.5. The first-order valence-corrected chi connectivity index (χ1v) is 4.95. The third-order valence-corrected chi connectivity index (χ3v) is 2.60. The van der Waals surface area contributed by atoms with E-state index in [4.69, 9.17) is 0 Å². The van der Waals surface area contributed by atoms with E-state index < -0.39 is 0 Å². The van der Waals surface area contributed by atoms with Gasteiger partial charge in [0.05, 0.1) is 11.4 Å². The molecular formula is C12H12F2N2. The molecule has 0 saturated heterocycles. The SMILES string of the molecule is CNc1c(F)ccc2c(NC)c(F)ccc12. The van der Waals surface area contributed by atoms with Gasteiger partial charge in [-0.15, -0.1) is 0 Å². The molecule has 0 spiro atoms. The van der Waals surface area contributed by atoms with Crippen LogP contribution < -0.4 is 10.6 Å². The van der Waals surface area contributed by atoms with Crippen molar-refractivity contribution in [3.8, 4) is 0 Å². The molecule has 0 amide bonds. The highest BCUT2D eigenvalue weighted by atomic mass is 19.1. The predicted octanol–water partition coefficient (Wildman–Crippen LogP) is 3.20. The summed E-state index contributed by atoms with van der Waals surface area (Å²) in [5.41, 5.74) is 0.767. The number of nitrogens with one attached hydrogen (secondary N) is 2. The van der Waals surface area contributed by atoms with Crippen molar-refractivity contribution in [1.29, 1.82) is 0 Å². The Balaban J connectivity index is 2.87. The van der Waals surface area contributed by atoms with E-state index in [2.05, 4.69) is 10.6 Å². The minimum atomic E-state index is -0.344. The van der Waals surface area contributed by atoms with E-state index in [1.807, 2.05) is 0 Å². The normalized spacial score (nSPS) is 10.5. The molecule has 0 saturated carbocycles. The second kappa shape index (κ2) is 3.96. The Morgan fingerprint density at radius 2 is 1.12 bits per heavy atom. The van der Waals surface area contributed by atoms with Crippen molar-refractivity contribution in [1.82, 2.24) is 0 Å². The molecule has 0 aliphatic rings. The summed E-state index contributed by atoms with van der Waals surface area (Å²) in [6.07, 6.45) is 0. The fraction of sp³-hybridized carbons (Fsp3) is 0.167. The standard InChI is InChI=1S/C12H12F2N2/c1-15-11-7-3-6-10(14)12(16-2)8(7)4-5-9(11)13/h3-6,15-16H,1-2H3. The highest BCUT2D eigenvalue weighted by Crippen LogP contribution is 2.32. The van der Waals surface area contributed by atoms with Gasteiger partial charge >= 0.3 is 0 Å². The molecule has 0 unspecified atom stereocenters. The fourth-order valence-electron chi connectivity index (χ4n) is 1.86. The molecule has 0 bridgehead atoms. The Morgan fingerprint density at radius 3 is 1.44 bits per heavy atom. The van der Waals surface area contributed by atoms with Crippen LogP contribution in [0.2, 0.25) is 0 Å². The van der Waals surface area contributed by atoms with E-state index in [1.165, 1.54) is 12.1 Å². The van der Waals surface area contributed by atoms with Crippen molar-refractivity contribution in [3.05, 3.63) is 35.9 Å². The number of hydrogen-bond acceptors (Lipinski definition) is 2. The zero-order chi connectivity index (χ0) is 11.7. The molecule has 0 atom stereocenters. The van der Waals surface area contributed by atoms with Crippen LogP contribution in [0.1, 0.15) is 0 Å². The molecule has 2 aromatic carbocycles. The average Bonchev–Trinajstić information content (AvgIpc) is 2.29. The van der Waals surface area contributed by atoms with Gasteiger partial charge in [0.15, 0.2) is 0 Å². The molecule has 0 aliphatic carbocycles. The number of halogens is 2. The van der Waals surface area contributed by atoms with Crippen LogP contribution in [-0.2, 0) is 0 Å². The molecule has 2 N–H and O–H groups in total. The molecule has 2 rings (SSSR count). The molecule has 0 fully saturated rings. The third kappa shape index (κ3) is 1.46. The van der Waals surface area contributed by atoms with E-state index in [9.17, 15) is 8.78 Å². The van der Waals surface area contributed by atoms with Gasteiger partial charge in [-0.3, -0.25) is 0 Å². The highest BCUT2D eigenvalue weighted by Gasteiger charge is 2.11. The lowest BCUT2D eigenvalue weighted by molar-refractivity contribution is 0.629. The Labute approximate surface area is 92.3 Å². The van der Waals surface area contributed by atoms with Gasteiger partial charge < -0.3 is 10.6 Å². The van der Waals surface area contributed by atoms with Gasteiger partial charge in [-0.1, -0.05) is 0 Å². The Morgan fingerprint density at radius 1 is 0.750 bits per heavy atom. The first kappa shape index (κ1) is 10.7. The van der Waals surface area contributed by atoms with E-state index in [1.54, 1.807) is 26.2 Å². The summed E-state index contributed by atoms with van der Waals surface area (Å²) in [5.74, 6) is -0.688. The summed E-state index contributed by atoms with van der Waals surface area (Å²) < 4.78 is 27.0. The van der Waals surface area contributed by atoms with E-state index in [-0.39, 0.29) is 11.6 Å². The molecule has 0 radical (unpaired) electrons. The van der Waals surface area contributed by atoms with Crippen LogP contribution in [0.4, 0.5) is 20.2 Å². The van der Waals surface area contributed by atoms with Crippen LogP contribution in [-0.4, -0.2) is 14.1 Å². The largest absolute Gasteiger partial charge is 0.385 e. The molecule has 0 aliphatic heterocycles. The van der Waals surface area contributed by atoms with E-state index in [0.717, 1.165) is 0 Å². The van der Waals surface area contributed by atoms with Crippen LogP contribution in [0.3, 0.4) is 0 Å². The molecular weight excluding hydrogens is 210 g/mol. The molecule has 16 heavy (non-hydrogen) atoms. The summed E-state index contributed by atoms with van der Waals surface area (Å²) in [6.45, 7) is 0. The lowest BCUT2D eigenvalue weighted by atomic mass is 10.1. The molecule has 2 nitrogen and oxygen atoms in total. The summed E-state index contributed by atoms with van der Waals surface area (Å²) >= 11 is 0. The number of rotatable bonds is 2. The van der Waals surface area contributed by atoms with Crippen molar-refractivity contribution < 1.29 is 8.78 Å². The van der Waals surface area contributed by atoms with Crippen molar-refractivity contribution in [3.63, 3.8) is 0 Å². The van der Waals surface area contributed by atoms with Gasteiger partial charge in [-0.05, 0) is 24.3 Å². The monoisotopic (exact) mass is 222 g/mol. The second-order valence-electron chi connectivity index (χ2n) is 3.44. The van der Waals surface area contributed by atoms with Crippen molar-refractivity contribution in [2.75, 3.05) is 24.7 Å². The molecule has 2 aromatic rings. The van der Waals surface area contributed by atoms with Gasteiger partial charge in [0.25, 0.3) is 0 Å². The number of hydrogen-bond donors (Lipinski definition) is 2. The second-order valence-corrected chi connectivity index (χ2v) is 3.44. The fourth-order valence-corrected chi connectivity index (χ4v) is 1.86. The molecule has 4 heteroatoms. The highest BCUT2D eigenvalue weighted by molar-refractivity contribution is 6.01. The zero-order valence-corrected chi connectivity index (χ0v) is 9.07.